The summed E-state index contributed by atoms with van der Waals surface area (Å²) in [5, 5.41) is 28.3. The van der Waals surface area contributed by atoms with Gasteiger partial charge in [-0.15, -0.1) is 0 Å². The number of hydrogen-bond acceptors (Lipinski definition) is 15. The first-order chi connectivity index (χ1) is 29.7. The maximum Gasteiger partial charge on any atom is 0.408 e. The van der Waals surface area contributed by atoms with Gasteiger partial charge in [0.1, 0.15) is 41.7 Å². The molecule has 16 nitrogen and oxygen atoms in total. The maximum atomic E-state index is 14.5. The average molecular weight is 876 g/mol. The van der Waals surface area contributed by atoms with Crippen LogP contribution in [0.3, 0.4) is 0 Å². The van der Waals surface area contributed by atoms with Crippen molar-refractivity contribution in [3.05, 3.63) is 77.1 Å². The summed E-state index contributed by atoms with van der Waals surface area (Å²) in [6.45, 7) is 16.2. The predicted octanol–water partition coefficient (Wildman–Crippen LogP) is 4.57. The van der Waals surface area contributed by atoms with Crippen molar-refractivity contribution >= 4 is 24.0 Å². The zero-order valence-electron chi connectivity index (χ0n) is 37.3. The van der Waals surface area contributed by atoms with E-state index in [1.807, 2.05) is 27.7 Å². The van der Waals surface area contributed by atoms with Crippen LogP contribution in [0.1, 0.15) is 103 Å². The molecule has 4 heterocycles. The number of benzene rings is 1. The van der Waals surface area contributed by atoms with Crippen LogP contribution in [-0.4, -0.2) is 130 Å². The summed E-state index contributed by atoms with van der Waals surface area (Å²) in [7, 11) is 0. The van der Waals surface area contributed by atoms with E-state index < -0.39 is 107 Å². The highest BCUT2D eigenvalue weighted by atomic mass is 16.7. The monoisotopic (exact) mass is 875 g/mol. The number of amides is 1. The van der Waals surface area contributed by atoms with E-state index in [2.05, 4.69) is 15.2 Å². The van der Waals surface area contributed by atoms with E-state index in [4.69, 9.17) is 33.2 Å². The molecule has 3 aliphatic heterocycles. The fourth-order valence-electron chi connectivity index (χ4n) is 11.2. The second kappa shape index (κ2) is 16.5. The highest BCUT2D eigenvalue weighted by Gasteiger charge is 2.77. The fraction of sp³-hybridized carbons (Fsp3) is 0.638. The number of aliphatic hydroxyl groups is 2. The van der Waals surface area contributed by atoms with Crippen LogP contribution < -0.4 is 5.32 Å². The number of esters is 3. The van der Waals surface area contributed by atoms with Gasteiger partial charge in [0.2, 0.25) is 0 Å². The normalized spacial score (nSPS) is 35.4. The number of fused-ring (bicyclic) bond motifs is 8. The van der Waals surface area contributed by atoms with E-state index in [9.17, 15) is 29.4 Å². The first-order valence-corrected chi connectivity index (χ1v) is 22.0. The van der Waals surface area contributed by atoms with E-state index in [1.165, 1.54) is 13.1 Å². The number of rotatable bonds is 10. The first kappa shape index (κ1) is 45.1. The van der Waals surface area contributed by atoms with Crippen LogP contribution in [0.4, 0.5) is 4.79 Å². The van der Waals surface area contributed by atoms with Gasteiger partial charge in [0.05, 0.1) is 29.9 Å². The molecular weight excluding hydrogens is 815 g/mol. The molecule has 0 radical (unpaired) electrons. The molecule has 63 heavy (non-hydrogen) atoms. The number of ether oxygens (including phenoxy) is 7. The number of likely N-dealkylation sites (tertiary alicyclic amines) is 1. The lowest BCUT2D eigenvalue weighted by Gasteiger charge is -2.68. The molecule has 12 atom stereocenters. The number of aromatic nitrogens is 1. The lowest BCUT2D eigenvalue weighted by molar-refractivity contribution is -0.345. The number of alkyl carbamates (subject to hydrolysis) is 1. The van der Waals surface area contributed by atoms with Gasteiger partial charge in [-0.3, -0.25) is 14.7 Å². The third-order valence-electron chi connectivity index (χ3n) is 14.4. The quantitative estimate of drug-likeness (QED) is 0.170. The van der Waals surface area contributed by atoms with Crippen LogP contribution in [0.15, 0.2) is 65.9 Å². The summed E-state index contributed by atoms with van der Waals surface area (Å²) < 4.78 is 45.0. The Labute approximate surface area is 367 Å². The van der Waals surface area contributed by atoms with Crippen molar-refractivity contribution in [1.82, 2.24) is 15.2 Å². The van der Waals surface area contributed by atoms with Crippen molar-refractivity contribution in [2.24, 2.45) is 16.7 Å². The molecule has 8 rings (SSSR count). The van der Waals surface area contributed by atoms with Crippen LogP contribution in [0.25, 0.3) is 0 Å². The average Bonchev–Trinajstić information content (AvgIpc) is 3.62. The highest BCUT2D eigenvalue weighted by molar-refractivity contribution is 5.89. The zero-order chi connectivity index (χ0) is 45.3. The minimum absolute atomic E-state index is 0.0191. The first-order valence-electron chi connectivity index (χ1n) is 22.0. The summed E-state index contributed by atoms with van der Waals surface area (Å²) in [6, 6.07) is 11.9. The van der Waals surface area contributed by atoms with Gasteiger partial charge < -0.3 is 48.7 Å². The number of carbonyl (C=O) groups is 4. The van der Waals surface area contributed by atoms with Crippen LogP contribution in [0, 0.1) is 16.7 Å². The molecular formula is C47H61N3O13. The second-order valence-corrected chi connectivity index (χ2v) is 19.9. The van der Waals surface area contributed by atoms with E-state index in [1.54, 1.807) is 69.3 Å². The largest absolute Gasteiger partial charge is 0.456 e. The molecule has 0 spiro atoms. The lowest BCUT2D eigenvalue weighted by Crippen LogP contribution is -2.79. The summed E-state index contributed by atoms with van der Waals surface area (Å²) >= 11 is 0. The molecule has 3 N–H and O–H groups in total. The van der Waals surface area contributed by atoms with Gasteiger partial charge in [-0.1, -0.05) is 45.0 Å². The number of hydrogen-bond donors (Lipinski definition) is 3. The number of carbonyl (C=O) groups excluding carboxylic acids is 4. The number of pyridine rings is 1. The molecule has 1 unspecified atom stereocenters. The van der Waals surface area contributed by atoms with Gasteiger partial charge in [0.15, 0.2) is 18.0 Å². The Balaban J connectivity index is 1.26. The molecule has 2 aromatic rings. The SMILES string of the molecule is CC(=O)O[C@@]12CO[C@@H]1CC[C@]1(C)C2[C@H](OC(=O)c2ccccc2)[C@]2(O)C[C@H](OC(=O)[C@H](O)[C@@H](NC(=O)OC(C)(C)C)c3ccccn3)C(C)=C([C@H]3O[C@@H](CN4CCC4)O[C@H]31)C2(C)C. The lowest BCUT2D eigenvalue weighted by atomic mass is 9.45. The summed E-state index contributed by atoms with van der Waals surface area (Å²) in [6.07, 6.45) is -5.13. The number of aliphatic hydroxyl groups excluding tert-OH is 1. The Kier molecular flexibility index (Phi) is 11.8. The van der Waals surface area contributed by atoms with Crippen molar-refractivity contribution in [2.45, 2.75) is 147 Å². The van der Waals surface area contributed by atoms with Crippen LogP contribution >= 0.6 is 0 Å². The van der Waals surface area contributed by atoms with Crippen LogP contribution in [-0.2, 0) is 42.7 Å². The van der Waals surface area contributed by atoms with E-state index in [0.29, 0.717) is 30.5 Å². The number of nitrogens with zero attached hydrogens (tertiary/aromatic N) is 2. The van der Waals surface area contributed by atoms with Gasteiger partial charge in [-0.25, -0.2) is 14.4 Å². The third-order valence-corrected chi connectivity index (χ3v) is 14.4. The summed E-state index contributed by atoms with van der Waals surface area (Å²) in [5.41, 5.74) is -4.96. The van der Waals surface area contributed by atoms with Crippen molar-refractivity contribution in [3.63, 3.8) is 0 Å². The number of nitrogens with one attached hydrogen (secondary N) is 1. The Morgan fingerprint density at radius 1 is 1.02 bits per heavy atom. The third kappa shape index (κ3) is 7.94. The second-order valence-electron chi connectivity index (χ2n) is 19.9. The molecule has 3 aliphatic carbocycles. The minimum atomic E-state index is -2.06. The van der Waals surface area contributed by atoms with Crippen LogP contribution in [0.5, 0.6) is 0 Å². The maximum absolute atomic E-state index is 14.5. The molecule has 1 aromatic heterocycles. The molecule has 342 valence electrons. The molecule has 2 saturated carbocycles. The predicted molar refractivity (Wildman–Crippen MR) is 224 cm³/mol. The Morgan fingerprint density at radius 3 is 2.33 bits per heavy atom. The topological polar surface area (TPSA) is 202 Å². The molecule has 6 aliphatic rings. The van der Waals surface area contributed by atoms with Gasteiger partial charge in [0, 0.05) is 36.9 Å². The van der Waals surface area contributed by atoms with Crippen LogP contribution in [0.2, 0.25) is 0 Å². The van der Waals surface area contributed by atoms with Crippen molar-refractivity contribution in [2.75, 3.05) is 26.2 Å². The standard InChI is InChI=1S/C47H61N3O13/c1-26-30(58-41(54)35(52)34(29-17-12-13-20-48-29)49-42(55)63-43(3,4)5)23-47(56)39(61-40(53)28-15-10-9-11-16-28)37-45(8,19-18-31-46(37,25-57-31)62-27(2)51)38-36(33(26)44(47,6)7)59-32(60-38)24-50-21-14-22-50/h9-13,15-17,20,30-32,34-39,52,56H,14,18-19,21-25H2,1-8H3,(H,49,55)/t30-,31+,32+,34-,35+,36+,37?,38+,39-,45+,46-,47+/m0/s1. The zero-order valence-corrected chi connectivity index (χ0v) is 37.3. The molecule has 1 aromatic carbocycles. The fourth-order valence-corrected chi connectivity index (χ4v) is 11.2. The Bertz CT molecular complexity index is 2110. The summed E-state index contributed by atoms with van der Waals surface area (Å²) in [5.74, 6) is -3.32. The van der Waals surface area contributed by atoms with Gasteiger partial charge >= 0.3 is 24.0 Å². The van der Waals surface area contributed by atoms with Gasteiger partial charge in [-0.05, 0) is 95.5 Å². The van der Waals surface area contributed by atoms with E-state index >= 15 is 0 Å². The van der Waals surface area contributed by atoms with E-state index in [-0.39, 0.29) is 24.3 Å². The minimum Gasteiger partial charge on any atom is -0.456 e. The van der Waals surface area contributed by atoms with Gasteiger partial charge in [-0.2, -0.15) is 0 Å². The molecule has 16 heteroatoms. The smallest absolute Gasteiger partial charge is 0.408 e. The van der Waals surface area contributed by atoms with Crippen molar-refractivity contribution < 1.29 is 62.5 Å². The Morgan fingerprint density at radius 2 is 1.73 bits per heavy atom. The molecule has 5 fully saturated rings. The molecule has 3 saturated heterocycles. The van der Waals surface area contributed by atoms with Gasteiger partial charge in [0.25, 0.3) is 0 Å². The highest BCUT2D eigenvalue weighted by Crippen LogP contribution is 2.66. The van der Waals surface area contributed by atoms with E-state index in [0.717, 1.165) is 19.5 Å². The summed E-state index contributed by atoms with van der Waals surface area (Å²) in [4.78, 5) is 61.7. The van der Waals surface area contributed by atoms with Crippen molar-refractivity contribution in [3.8, 4) is 0 Å². The molecule has 1 amide bonds. The van der Waals surface area contributed by atoms with Crippen molar-refractivity contribution in [1.29, 1.82) is 0 Å². The molecule has 2 bridgehead atoms. The Hall–Kier alpha value is -4.45.